The molecule has 3 rings (SSSR count). The number of hydrogen-bond acceptors (Lipinski definition) is 7. The maximum atomic E-state index is 13.5. The van der Waals surface area contributed by atoms with E-state index in [4.69, 9.17) is 5.14 Å². The largest absolute Gasteiger partial charge is 0.417 e. The summed E-state index contributed by atoms with van der Waals surface area (Å²) in [5.74, 6) is -1.01. The number of nitriles is 1. The Labute approximate surface area is 189 Å². The number of benzene rings is 1. The first-order valence-corrected chi connectivity index (χ1v) is 12.0. The average Bonchev–Trinajstić information content (AvgIpc) is 3.25. The summed E-state index contributed by atoms with van der Waals surface area (Å²) in [5.41, 5.74) is -1.64. The molecule has 3 aromatic rings. The second-order valence-electron chi connectivity index (χ2n) is 6.23. The fraction of sp³-hybridized carbons (Fsp3) is 0.105. The number of nitrogens with two attached hydrogens (primary N) is 1. The van der Waals surface area contributed by atoms with Gasteiger partial charge in [0, 0.05) is 5.69 Å². The van der Waals surface area contributed by atoms with E-state index in [0.717, 1.165) is 12.1 Å². The van der Waals surface area contributed by atoms with Gasteiger partial charge in [-0.3, -0.25) is 4.79 Å². The second-order valence-corrected chi connectivity index (χ2v) is 9.70. The zero-order valence-electron chi connectivity index (χ0n) is 15.9. The molecule has 1 aromatic carbocycles. The van der Waals surface area contributed by atoms with E-state index < -0.39 is 33.2 Å². The summed E-state index contributed by atoms with van der Waals surface area (Å²) in [6, 6.07) is 10.8. The molecule has 0 saturated heterocycles. The molecular formula is C19H13F3N4O3S3. The van der Waals surface area contributed by atoms with E-state index in [1.807, 2.05) is 0 Å². The van der Waals surface area contributed by atoms with Crippen molar-refractivity contribution < 1.29 is 26.4 Å². The van der Waals surface area contributed by atoms with Crippen molar-refractivity contribution >= 4 is 44.7 Å². The number of thiophene rings is 1. The number of anilines is 1. The van der Waals surface area contributed by atoms with Gasteiger partial charge in [0.2, 0.25) is 15.9 Å². The van der Waals surface area contributed by atoms with Crippen LogP contribution in [0, 0.1) is 11.3 Å². The van der Waals surface area contributed by atoms with Crippen LogP contribution in [0.25, 0.3) is 10.6 Å². The lowest BCUT2D eigenvalue weighted by molar-refractivity contribution is -0.138. The highest BCUT2D eigenvalue weighted by atomic mass is 32.2. The molecule has 7 nitrogen and oxygen atoms in total. The molecule has 0 fully saturated rings. The Kier molecular flexibility index (Phi) is 6.89. The van der Waals surface area contributed by atoms with Crippen LogP contribution in [-0.4, -0.2) is 25.1 Å². The summed E-state index contributed by atoms with van der Waals surface area (Å²) in [6.45, 7) is 0. The molecule has 0 unspecified atom stereocenters. The Balaban J connectivity index is 1.86. The van der Waals surface area contributed by atoms with Crippen molar-refractivity contribution in [1.82, 2.24) is 4.98 Å². The molecule has 2 heterocycles. The zero-order chi connectivity index (χ0) is 23.5. The highest BCUT2D eigenvalue weighted by Gasteiger charge is 2.36. The highest BCUT2D eigenvalue weighted by molar-refractivity contribution is 8.00. The first kappa shape index (κ1) is 23.7. The summed E-state index contributed by atoms with van der Waals surface area (Å²) < 4.78 is 63.5. The van der Waals surface area contributed by atoms with Crippen LogP contribution in [0.1, 0.15) is 11.1 Å². The topological polar surface area (TPSA) is 126 Å². The number of halogens is 3. The van der Waals surface area contributed by atoms with Gasteiger partial charge < -0.3 is 5.32 Å². The number of amides is 1. The predicted molar refractivity (Wildman–Crippen MR) is 114 cm³/mol. The normalized spacial score (nSPS) is 11.7. The fourth-order valence-electron chi connectivity index (χ4n) is 2.59. The van der Waals surface area contributed by atoms with E-state index in [1.54, 1.807) is 17.5 Å². The Hall–Kier alpha value is -2.92. The fourth-order valence-corrected chi connectivity index (χ4v) is 4.64. The van der Waals surface area contributed by atoms with Crippen molar-refractivity contribution in [3.8, 4) is 16.6 Å². The molecule has 0 radical (unpaired) electrons. The lowest BCUT2D eigenvalue weighted by Gasteiger charge is -2.13. The number of aromatic nitrogens is 1. The van der Waals surface area contributed by atoms with Gasteiger partial charge in [0.05, 0.1) is 32.3 Å². The molecule has 2 aromatic heterocycles. The lowest BCUT2D eigenvalue weighted by atomic mass is 10.1. The number of thioether (sulfide) groups is 1. The third-order valence-corrected chi connectivity index (χ3v) is 6.74. The van der Waals surface area contributed by atoms with E-state index >= 15 is 0 Å². The predicted octanol–water partition coefficient (Wildman–Crippen LogP) is 4.08. The molecule has 13 heteroatoms. The average molecular weight is 499 g/mol. The van der Waals surface area contributed by atoms with Crippen molar-refractivity contribution in [2.45, 2.75) is 16.1 Å². The van der Waals surface area contributed by atoms with E-state index in [0.29, 0.717) is 16.6 Å². The van der Waals surface area contributed by atoms with Crippen LogP contribution in [-0.2, 0) is 21.0 Å². The molecule has 1 amide bonds. The number of carbonyl (C=O) groups is 1. The maximum absolute atomic E-state index is 13.5. The summed E-state index contributed by atoms with van der Waals surface area (Å²) in [5, 5.41) is 18.3. The van der Waals surface area contributed by atoms with Gasteiger partial charge in [0.1, 0.15) is 11.1 Å². The zero-order valence-corrected chi connectivity index (χ0v) is 18.3. The van der Waals surface area contributed by atoms with Gasteiger partial charge in [-0.25, -0.2) is 18.5 Å². The lowest BCUT2D eigenvalue weighted by Crippen LogP contribution is -2.16. The quantitative estimate of drug-likeness (QED) is 0.493. The van der Waals surface area contributed by atoms with Gasteiger partial charge in [-0.05, 0) is 35.7 Å². The SMILES string of the molecule is N#Cc1c(C(F)(F)F)cc(-c2cccs2)nc1SCC(=O)Nc1cccc(S(N)(=O)=O)c1. The first-order chi connectivity index (χ1) is 15.0. The van der Waals surface area contributed by atoms with Crippen LogP contribution in [0.3, 0.4) is 0 Å². The standard InChI is InChI=1S/C19H13F3N4O3S3/c20-19(21,22)14-8-15(16-5-2-6-30-16)26-18(13(14)9-23)31-10-17(27)25-11-3-1-4-12(7-11)32(24,28)29/h1-8H,10H2,(H,25,27)(H2,24,28,29). The number of hydrogen-bond donors (Lipinski definition) is 2. The highest BCUT2D eigenvalue weighted by Crippen LogP contribution is 2.38. The van der Waals surface area contributed by atoms with Crippen molar-refractivity contribution in [2.24, 2.45) is 5.14 Å². The van der Waals surface area contributed by atoms with Crippen LogP contribution in [0.2, 0.25) is 0 Å². The van der Waals surface area contributed by atoms with Crippen molar-refractivity contribution in [2.75, 3.05) is 11.1 Å². The third kappa shape index (κ3) is 5.65. The molecule has 3 N–H and O–H groups in total. The van der Waals surface area contributed by atoms with E-state index in [1.165, 1.54) is 35.6 Å². The smallest absolute Gasteiger partial charge is 0.325 e. The molecule has 166 valence electrons. The van der Waals surface area contributed by atoms with Crippen molar-refractivity contribution in [3.63, 3.8) is 0 Å². The third-order valence-electron chi connectivity index (χ3n) is 3.96. The van der Waals surface area contributed by atoms with Crippen molar-refractivity contribution in [1.29, 1.82) is 5.26 Å². The van der Waals surface area contributed by atoms with Crippen LogP contribution in [0.5, 0.6) is 0 Å². The Bertz CT molecular complexity index is 1300. The van der Waals surface area contributed by atoms with Crippen molar-refractivity contribution in [3.05, 3.63) is 59.0 Å². The molecule has 0 atom stereocenters. The number of carbonyl (C=O) groups excluding carboxylic acids is 1. The summed E-state index contributed by atoms with van der Waals surface area (Å²) in [4.78, 5) is 16.7. The summed E-state index contributed by atoms with van der Waals surface area (Å²) in [6.07, 6.45) is -4.79. The number of pyridine rings is 1. The van der Waals surface area contributed by atoms with Gasteiger partial charge >= 0.3 is 6.18 Å². The van der Waals surface area contributed by atoms with Crippen LogP contribution < -0.4 is 10.5 Å². The van der Waals surface area contributed by atoms with Gasteiger partial charge in [0.15, 0.2) is 0 Å². The minimum absolute atomic E-state index is 0.0371. The Morgan fingerprint density at radius 2 is 2.00 bits per heavy atom. The molecule has 0 spiro atoms. The summed E-state index contributed by atoms with van der Waals surface area (Å²) >= 11 is 1.85. The molecule has 32 heavy (non-hydrogen) atoms. The molecule has 0 aliphatic rings. The molecule has 0 bridgehead atoms. The van der Waals surface area contributed by atoms with E-state index in [-0.39, 0.29) is 27.1 Å². The van der Waals surface area contributed by atoms with E-state index in [9.17, 15) is 31.6 Å². The van der Waals surface area contributed by atoms with E-state index in [2.05, 4.69) is 10.3 Å². The first-order valence-electron chi connectivity index (χ1n) is 8.61. The molecule has 0 aliphatic heterocycles. The number of primary sulfonamides is 1. The molecular weight excluding hydrogens is 485 g/mol. The summed E-state index contributed by atoms with van der Waals surface area (Å²) in [7, 11) is -3.98. The number of sulfonamides is 1. The second kappa shape index (κ2) is 9.29. The monoisotopic (exact) mass is 498 g/mol. The molecule has 0 aliphatic carbocycles. The minimum atomic E-state index is -4.79. The van der Waals surface area contributed by atoms with Gasteiger partial charge in [0.25, 0.3) is 0 Å². The maximum Gasteiger partial charge on any atom is 0.417 e. The Morgan fingerprint density at radius 1 is 1.25 bits per heavy atom. The number of alkyl halides is 3. The molecule has 0 saturated carbocycles. The van der Waals surface area contributed by atoms with Crippen LogP contribution >= 0.6 is 23.1 Å². The van der Waals surface area contributed by atoms with Crippen LogP contribution in [0.15, 0.2) is 57.8 Å². The van der Waals surface area contributed by atoms with Gasteiger partial charge in [-0.15, -0.1) is 11.3 Å². The van der Waals surface area contributed by atoms with Gasteiger partial charge in [-0.2, -0.15) is 18.4 Å². The van der Waals surface area contributed by atoms with Gasteiger partial charge in [-0.1, -0.05) is 23.9 Å². The number of nitrogens with zero attached hydrogens (tertiary/aromatic N) is 2. The van der Waals surface area contributed by atoms with Crippen LogP contribution in [0.4, 0.5) is 18.9 Å². The number of nitrogens with one attached hydrogen (secondary N) is 1. The Morgan fingerprint density at radius 3 is 2.59 bits per heavy atom. The minimum Gasteiger partial charge on any atom is -0.325 e. The number of rotatable bonds is 6.